The molecule has 0 saturated carbocycles. The topological polar surface area (TPSA) is 88.9 Å². The lowest BCUT2D eigenvalue weighted by atomic mass is 10.2. The molecular formula is C17H16ClN5O2S. The number of anilines is 1. The number of benzene rings is 1. The Balaban J connectivity index is 1.52. The zero-order chi connectivity index (χ0) is 18.4. The quantitative estimate of drug-likeness (QED) is 0.607. The number of halogens is 1. The van der Waals surface area contributed by atoms with Gasteiger partial charge in [-0.3, -0.25) is 9.59 Å². The van der Waals surface area contributed by atoms with E-state index in [4.69, 9.17) is 11.6 Å². The summed E-state index contributed by atoms with van der Waals surface area (Å²) in [6.07, 6.45) is 3.76. The van der Waals surface area contributed by atoms with Crippen LogP contribution in [0.3, 0.4) is 0 Å². The summed E-state index contributed by atoms with van der Waals surface area (Å²) in [5.74, 6) is -0.289. The number of thiophene rings is 1. The molecule has 2 heterocycles. The number of rotatable bonds is 7. The molecule has 0 radical (unpaired) electrons. The summed E-state index contributed by atoms with van der Waals surface area (Å²) < 4.78 is 1.55. The minimum atomic E-state index is -0.168. The molecule has 0 saturated heterocycles. The third-order valence-electron chi connectivity index (χ3n) is 3.51. The highest BCUT2D eigenvalue weighted by atomic mass is 35.5. The minimum Gasteiger partial charge on any atom is -0.351 e. The Morgan fingerprint density at radius 2 is 2.15 bits per heavy atom. The second kappa shape index (κ2) is 8.59. The number of hydrogen-bond acceptors (Lipinski definition) is 5. The standard InChI is InChI=1S/C17H16ClN5O2S/c18-12-5-6-14(23-11-19-10-21-23)13(9-12)22-16(24)4-1-7-20-17(25)15-3-2-8-26-15/h2-3,5-6,8-11H,1,4,7H2,(H,20,25)(H,22,24). The van der Waals surface area contributed by atoms with E-state index in [0.29, 0.717) is 34.2 Å². The van der Waals surface area contributed by atoms with Crippen molar-refractivity contribution in [1.82, 2.24) is 20.1 Å². The van der Waals surface area contributed by atoms with Gasteiger partial charge in [0, 0.05) is 18.0 Å². The van der Waals surface area contributed by atoms with Crippen LogP contribution in [0.5, 0.6) is 0 Å². The molecule has 1 aromatic carbocycles. The molecule has 26 heavy (non-hydrogen) atoms. The maximum Gasteiger partial charge on any atom is 0.261 e. The number of amides is 2. The van der Waals surface area contributed by atoms with Crippen molar-refractivity contribution in [2.75, 3.05) is 11.9 Å². The Hall–Kier alpha value is -2.71. The van der Waals surface area contributed by atoms with Crippen molar-refractivity contribution in [3.05, 3.63) is 58.3 Å². The summed E-state index contributed by atoms with van der Waals surface area (Å²) in [6, 6.07) is 8.72. The van der Waals surface area contributed by atoms with Gasteiger partial charge in [-0.05, 0) is 36.1 Å². The first-order chi connectivity index (χ1) is 12.6. The van der Waals surface area contributed by atoms with Gasteiger partial charge >= 0.3 is 0 Å². The molecule has 0 aliphatic heterocycles. The molecule has 3 rings (SSSR count). The smallest absolute Gasteiger partial charge is 0.261 e. The van der Waals surface area contributed by atoms with Crippen molar-refractivity contribution < 1.29 is 9.59 Å². The van der Waals surface area contributed by atoms with Gasteiger partial charge in [0.25, 0.3) is 5.91 Å². The Labute approximate surface area is 159 Å². The van der Waals surface area contributed by atoms with Crippen molar-refractivity contribution >= 4 is 40.4 Å². The summed E-state index contributed by atoms with van der Waals surface area (Å²) in [6.45, 7) is 0.426. The van der Waals surface area contributed by atoms with E-state index in [1.807, 2.05) is 11.4 Å². The molecule has 2 aromatic heterocycles. The molecule has 2 N–H and O–H groups in total. The molecule has 0 aliphatic carbocycles. The summed E-state index contributed by atoms with van der Waals surface area (Å²) in [5, 5.41) is 12.0. The highest BCUT2D eigenvalue weighted by molar-refractivity contribution is 7.12. The van der Waals surface area contributed by atoms with Gasteiger partial charge in [0.15, 0.2) is 0 Å². The summed E-state index contributed by atoms with van der Waals surface area (Å²) in [7, 11) is 0. The van der Waals surface area contributed by atoms with Crippen LogP contribution in [0, 0.1) is 0 Å². The van der Waals surface area contributed by atoms with E-state index < -0.39 is 0 Å². The van der Waals surface area contributed by atoms with E-state index in [-0.39, 0.29) is 18.2 Å². The van der Waals surface area contributed by atoms with Crippen LogP contribution in [0.25, 0.3) is 5.69 Å². The first kappa shape index (κ1) is 18.1. The number of nitrogens with zero attached hydrogens (tertiary/aromatic N) is 3. The van der Waals surface area contributed by atoms with Crippen LogP contribution >= 0.6 is 22.9 Å². The molecule has 0 unspecified atom stereocenters. The molecule has 0 aliphatic rings. The fourth-order valence-electron chi connectivity index (χ4n) is 2.30. The van der Waals surface area contributed by atoms with Gasteiger partial charge in [-0.2, -0.15) is 5.10 Å². The van der Waals surface area contributed by atoms with Crippen molar-refractivity contribution in [3.63, 3.8) is 0 Å². The third-order valence-corrected chi connectivity index (χ3v) is 4.61. The Kier molecular flexibility index (Phi) is 5.98. The number of carbonyl (C=O) groups is 2. The molecule has 7 nitrogen and oxygen atoms in total. The molecule has 9 heteroatoms. The van der Waals surface area contributed by atoms with Crippen LogP contribution in [0.15, 0.2) is 48.4 Å². The fraction of sp³-hybridized carbons (Fsp3) is 0.176. The molecule has 3 aromatic rings. The van der Waals surface area contributed by atoms with E-state index in [0.717, 1.165) is 0 Å². The van der Waals surface area contributed by atoms with Gasteiger partial charge in [0.05, 0.1) is 16.3 Å². The molecule has 2 amide bonds. The number of nitrogens with one attached hydrogen (secondary N) is 2. The van der Waals surface area contributed by atoms with Crippen LogP contribution in [0.2, 0.25) is 5.02 Å². The van der Waals surface area contributed by atoms with Gasteiger partial charge < -0.3 is 10.6 Å². The van der Waals surface area contributed by atoms with E-state index in [1.54, 1.807) is 35.3 Å². The van der Waals surface area contributed by atoms with Gasteiger partial charge in [-0.1, -0.05) is 17.7 Å². The van der Waals surface area contributed by atoms with Gasteiger partial charge in [-0.15, -0.1) is 11.3 Å². The lowest BCUT2D eigenvalue weighted by molar-refractivity contribution is -0.116. The largest absolute Gasteiger partial charge is 0.351 e. The average Bonchev–Trinajstić information content (AvgIpc) is 3.32. The van der Waals surface area contributed by atoms with Crippen LogP contribution in [0.4, 0.5) is 5.69 Å². The van der Waals surface area contributed by atoms with E-state index in [2.05, 4.69) is 20.7 Å². The van der Waals surface area contributed by atoms with Gasteiger partial charge in [-0.25, -0.2) is 9.67 Å². The fourth-order valence-corrected chi connectivity index (χ4v) is 3.11. The molecule has 0 fully saturated rings. The average molecular weight is 390 g/mol. The first-order valence-electron chi connectivity index (χ1n) is 7.89. The van der Waals surface area contributed by atoms with E-state index >= 15 is 0 Å². The van der Waals surface area contributed by atoms with Crippen LogP contribution in [-0.2, 0) is 4.79 Å². The summed E-state index contributed by atoms with van der Waals surface area (Å²) in [5.41, 5.74) is 1.22. The SMILES string of the molecule is O=C(CCCNC(=O)c1cccs1)Nc1cc(Cl)ccc1-n1cncn1. The number of hydrogen-bond donors (Lipinski definition) is 2. The third kappa shape index (κ3) is 4.68. The normalized spacial score (nSPS) is 10.5. The second-order valence-corrected chi connectivity index (χ2v) is 6.77. The Morgan fingerprint density at radius 1 is 1.27 bits per heavy atom. The number of carbonyl (C=O) groups excluding carboxylic acids is 2. The number of aromatic nitrogens is 3. The summed E-state index contributed by atoms with van der Waals surface area (Å²) in [4.78, 5) is 28.6. The Bertz CT molecular complexity index is 881. The second-order valence-electron chi connectivity index (χ2n) is 5.39. The monoisotopic (exact) mass is 389 g/mol. The zero-order valence-corrected chi connectivity index (χ0v) is 15.3. The minimum absolute atomic E-state index is 0.122. The molecule has 0 atom stereocenters. The maximum atomic E-state index is 12.2. The van der Waals surface area contributed by atoms with Crippen molar-refractivity contribution in [1.29, 1.82) is 0 Å². The first-order valence-corrected chi connectivity index (χ1v) is 9.15. The predicted octanol–water partition coefficient (Wildman–Crippen LogP) is 3.13. The molecule has 0 bridgehead atoms. The van der Waals surface area contributed by atoms with Crippen LogP contribution in [0.1, 0.15) is 22.5 Å². The van der Waals surface area contributed by atoms with Crippen LogP contribution < -0.4 is 10.6 Å². The van der Waals surface area contributed by atoms with Crippen molar-refractivity contribution in [2.45, 2.75) is 12.8 Å². The predicted molar refractivity (Wildman–Crippen MR) is 101 cm³/mol. The highest BCUT2D eigenvalue weighted by Gasteiger charge is 2.11. The van der Waals surface area contributed by atoms with Crippen molar-refractivity contribution in [3.8, 4) is 5.69 Å². The zero-order valence-electron chi connectivity index (χ0n) is 13.7. The molecular weight excluding hydrogens is 374 g/mol. The van der Waals surface area contributed by atoms with Gasteiger partial charge in [0.2, 0.25) is 5.91 Å². The lowest BCUT2D eigenvalue weighted by Gasteiger charge is -2.11. The lowest BCUT2D eigenvalue weighted by Crippen LogP contribution is -2.24. The summed E-state index contributed by atoms with van der Waals surface area (Å²) >= 11 is 7.41. The maximum absolute atomic E-state index is 12.2. The Morgan fingerprint density at radius 3 is 2.88 bits per heavy atom. The molecule has 0 spiro atoms. The highest BCUT2D eigenvalue weighted by Crippen LogP contribution is 2.24. The van der Waals surface area contributed by atoms with Crippen molar-refractivity contribution in [2.24, 2.45) is 0 Å². The van der Waals surface area contributed by atoms with Gasteiger partial charge in [0.1, 0.15) is 12.7 Å². The van der Waals surface area contributed by atoms with Crippen LogP contribution in [-0.4, -0.2) is 33.1 Å². The van der Waals surface area contributed by atoms with E-state index in [1.165, 1.54) is 17.7 Å². The van der Waals surface area contributed by atoms with E-state index in [9.17, 15) is 9.59 Å². The molecule has 134 valence electrons.